The molecular weight excluding hydrogens is 544 g/mol. The fourth-order valence-electron chi connectivity index (χ4n) is 3.19. The van der Waals surface area contributed by atoms with E-state index in [2.05, 4.69) is 9.88 Å². The first-order valence-corrected chi connectivity index (χ1v) is 11.8. The van der Waals surface area contributed by atoms with Crippen LogP contribution >= 0.6 is 0 Å². The molecule has 11 nitrogen and oxygen atoms in total. The number of sulfonamides is 1. The molecule has 3 rings (SSSR count). The minimum Gasteiger partial charge on any atom is -0.475 e. The number of halogens is 6. The Balaban J connectivity index is 0.000000404. The molecule has 3 heterocycles. The van der Waals surface area contributed by atoms with Crippen LogP contribution in [0.25, 0.3) is 0 Å². The number of aromatic nitrogens is 1. The Kier molecular flexibility index (Phi) is 12.2. The van der Waals surface area contributed by atoms with Crippen molar-refractivity contribution in [1.82, 2.24) is 14.2 Å². The number of hydrogen-bond acceptors (Lipinski definition) is 8. The highest BCUT2D eigenvalue weighted by molar-refractivity contribution is 7.89. The molecule has 2 N–H and O–H groups in total. The van der Waals surface area contributed by atoms with Crippen molar-refractivity contribution in [1.29, 1.82) is 0 Å². The molecule has 2 atom stereocenters. The molecule has 2 aliphatic heterocycles. The Morgan fingerprint density at radius 3 is 2.14 bits per heavy atom. The molecule has 0 saturated carbocycles. The van der Waals surface area contributed by atoms with Crippen LogP contribution in [0.3, 0.4) is 0 Å². The molecule has 18 heteroatoms. The summed E-state index contributed by atoms with van der Waals surface area (Å²) in [6, 6.07) is 3.23. The molecule has 0 unspecified atom stereocenters. The summed E-state index contributed by atoms with van der Waals surface area (Å²) in [5.74, 6) is -5.32. The van der Waals surface area contributed by atoms with Crippen molar-refractivity contribution in [3.8, 4) is 0 Å². The normalized spacial score (nSPS) is 20.9. The van der Waals surface area contributed by atoms with Gasteiger partial charge in [-0.3, -0.25) is 9.88 Å². The third-order valence-electron chi connectivity index (χ3n) is 4.95. The second-order valence-corrected chi connectivity index (χ2v) is 9.52. The van der Waals surface area contributed by atoms with E-state index in [0.29, 0.717) is 26.3 Å². The summed E-state index contributed by atoms with van der Waals surface area (Å²) < 4.78 is 101. The SMILES string of the molecule is COCCN1CCO[C@@H]2CN(S(=O)(=O)c3cccnc3)C[C@@H]2C1.O=C(O)C(F)(F)F.O=C(O)C(F)(F)F. The molecule has 1 aromatic heterocycles. The van der Waals surface area contributed by atoms with Crippen molar-refractivity contribution in [2.24, 2.45) is 5.92 Å². The first-order chi connectivity index (χ1) is 17.0. The van der Waals surface area contributed by atoms with Crippen LogP contribution in [-0.4, -0.2) is 116 Å². The van der Waals surface area contributed by atoms with Gasteiger partial charge in [-0.1, -0.05) is 0 Å². The Labute approximate surface area is 207 Å². The summed E-state index contributed by atoms with van der Waals surface area (Å²) >= 11 is 0. The summed E-state index contributed by atoms with van der Waals surface area (Å²) in [5.41, 5.74) is 0. The average Bonchev–Trinajstić information content (AvgIpc) is 3.11. The monoisotopic (exact) mass is 569 g/mol. The molecule has 1 aromatic rings. The zero-order chi connectivity index (χ0) is 28.4. The fraction of sp³-hybridized carbons (Fsp3) is 0.632. The molecule has 2 fully saturated rings. The minimum absolute atomic E-state index is 0.0333. The number of pyridine rings is 1. The van der Waals surface area contributed by atoms with Gasteiger partial charge < -0.3 is 19.7 Å². The lowest BCUT2D eigenvalue weighted by atomic mass is 10.1. The van der Waals surface area contributed by atoms with Crippen molar-refractivity contribution in [3.05, 3.63) is 24.5 Å². The first kappa shape index (κ1) is 32.5. The van der Waals surface area contributed by atoms with E-state index >= 15 is 0 Å². The lowest BCUT2D eigenvalue weighted by molar-refractivity contribution is -0.193. The van der Waals surface area contributed by atoms with Gasteiger partial charge in [-0.15, -0.1) is 0 Å². The van der Waals surface area contributed by atoms with Crippen molar-refractivity contribution in [2.75, 3.05) is 53.0 Å². The zero-order valence-electron chi connectivity index (χ0n) is 19.3. The highest BCUT2D eigenvalue weighted by Gasteiger charge is 2.42. The van der Waals surface area contributed by atoms with E-state index in [0.717, 1.165) is 19.6 Å². The number of fused-ring (bicyclic) bond motifs is 1. The van der Waals surface area contributed by atoms with Crippen LogP contribution in [0.4, 0.5) is 26.3 Å². The summed E-state index contributed by atoms with van der Waals surface area (Å²) in [5, 5.41) is 14.2. The van der Waals surface area contributed by atoms with Gasteiger partial charge in [-0.2, -0.15) is 30.6 Å². The lowest BCUT2D eigenvalue weighted by Gasteiger charge is -2.22. The zero-order valence-corrected chi connectivity index (χ0v) is 20.1. The maximum absolute atomic E-state index is 12.7. The molecule has 0 radical (unpaired) electrons. The maximum atomic E-state index is 12.7. The summed E-state index contributed by atoms with van der Waals surface area (Å²) in [4.78, 5) is 24.2. The van der Waals surface area contributed by atoms with E-state index in [9.17, 15) is 34.8 Å². The number of hydrogen-bond donors (Lipinski definition) is 2. The van der Waals surface area contributed by atoms with Gasteiger partial charge in [0, 0.05) is 58.1 Å². The topological polar surface area (TPSA) is 147 Å². The number of carboxylic acid groups (broad SMARTS) is 2. The standard InChI is InChI=1S/C15H23N3O4S.2C2HF3O2/c1-21-7-5-17-6-8-22-15-12-18(11-13(15)10-17)23(19,20)14-3-2-4-16-9-14;2*3-2(4,5)1(6)7/h2-4,9,13,15H,5-8,10-12H2,1H3;2*(H,6,7)/t13-,15+;;/m0../s1. The van der Waals surface area contributed by atoms with E-state index in [1.807, 2.05) is 0 Å². The molecule has 37 heavy (non-hydrogen) atoms. The maximum Gasteiger partial charge on any atom is 0.490 e. The molecule has 0 bridgehead atoms. The van der Waals surface area contributed by atoms with Gasteiger partial charge in [0.05, 0.1) is 19.3 Å². The quantitative estimate of drug-likeness (QED) is 0.498. The second kappa shape index (κ2) is 13.8. The van der Waals surface area contributed by atoms with Crippen LogP contribution in [0.5, 0.6) is 0 Å². The molecular formula is C19H25F6N3O8S. The Morgan fingerprint density at radius 2 is 1.68 bits per heavy atom. The van der Waals surface area contributed by atoms with Crippen LogP contribution in [0, 0.1) is 5.92 Å². The van der Waals surface area contributed by atoms with Gasteiger partial charge in [0.25, 0.3) is 0 Å². The smallest absolute Gasteiger partial charge is 0.475 e. The molecule has 212 valence electrons. The molecule has 2 saturated heterocycles. The number of aliphatic carboxylic acids is 2. The molecule has 0 spiro atoms. The number of alkyl halides is 6. The average molecular weight is 569 g/mol. The third kappa shape index (κ3) is 10.8. The van der Waals surface area contributed by atoms with Crippen molar-refractivity contribution in [2.45, 2.75) is 23.4 Å². The number of nitrogens with zero attached hydrogens (tertiary/aromatic N) is 3. The van der Waals surface area contributed by atoms with Crippen LogP contribution in [-0.2, 0) is 29.1 Å². The van der Waals surface area contributed by atoms with Crippen LogP contribution in [0.1, 0.15) is 0 Å². The molecule has 2 aliphatic rings. The predicted octanol–water partition coefficient (Wildman–Crippen LogP) is 1.32. The largest absolute Gasteiger partial charge is 0.490 e. The fourth-order valence-corrected chi connectivity index (χ4v) is 4.67. The Morgan fingerprint density at radius 1 is 1.11 bits per heavy atom. The molecule has 0 aromatic carbocycles. The van der Waals surface area contributed by atoms with E-state index < -0.39 is 34.3 Å². The number of ether oxygens (including phenoxy) is 2. The lowest BCUT2D eigenvalue weighted by Crippen LogP contribution is -2.35. The van der Waals surface area contributed by atoms with Crippen molar-refractivity contribution < 1.29 is 64.0 Å². The van der Waals surface area contributed by atoms with Gasteiger partial charge in [-0.05, 0) is 12.1 Å². The van der Waals surface area contributed by atoms with Gasteiger partial charge in [0.2, 0.25) is 10.0 Å². The van der Waals surface area contributed by atoms with E-state index in [-0.39, 0.29) is 16.9 Å². The van der Waals surface area contributed by atoms with Gasteiger partial charge in [0.1, 0.15) is 4.90 Å². The molecule has 0 aliphatic carbocycles. The van der Waals surface area contributed by atoms with E-state index in [1.54, 1.807) is 25.4 Å². The summed E-state index contributed by atoms with van der Waals surface area (Å²) in [6.45, 7) is 4.77. The minimum atomic E-state index is -5.08. The second-order valence-electron chi connectivity index (χ2n) is 7.58. The Hall–Kier alpha value is -2.54. The summed E-state index contributed by atoms with van der Waals surface area (Å²) in [7, 11) is -1.81. The van der Waals surface area contributed by atoms with Crippen molar-refractivity contribution >= 4 is 22.0 Å². The van der Waals surface area contributed by atoms with Crippen LogP contribution < -0.4 is 0 Å². The third-order valence-corrected chi connectivity index (χ3v) is 6.76. The van der Waals surface area contributed by atoms with E-state index in [1.165, 1.54) is 10.5 Å². The molecule has 0 amide bonds. The number of carboxylic acids is 2. The number of rotatable bonds is 5. The number of methoxy groups -OCH3 is 1. The Bertz CT molecular complexity index is 952. The van der Waals surface area contributed by atoms with Gasteiger partial charge in [0.15, 0.2) is 0 Å². The van der Waals surface area contributed by atoms with Gasteiger partial charge >= 0.3 is 24.3 Å². The first-order valence-electron chi connectivity index (χ1n) is 10.3. The van der Waals surface area contributed by atoms with Crippen LogP contribution in [0.15, 0.2) is 29.4 Å². The highest BCUT2D eigenvalue weighted by Crippen LogP contribution is 2.28. The predicted molar refractivity (Wildman–Crippen MR) is 112 cm³/mol. The van der Waals surface area contributed by atoms with E-state index in [4.69, 9.17) is 29.3 Å². The summed E-state index contributed by atoms with van der Waals surface area (Å²) in [6.07, 6.45) is -7.23. The highest BCUT2D eigenvalue weighted by atomic mass is 32.2. The number of carbonyl (C=O) groups is 2. The van der Waals surface area contributed by atoms with Gasteiger partial charge in [-0.25, -0.2) is 18.0 Å². The van der Waals surface area contributed by atoms with Crippen LogP contribution in [0.2, 0.25) is 0 Å². The van der Waals surface area contributed by atoms with Crippen molar-refractivity contribution in [3.63, 3.8) is 0 Å².